The number of aromatic nitrogens is 7. The maximum Gasteiger partial charge on any atom is 0.238 e. The molecule has 5 aromatic heterocycles. The van der Waals surface area contributed by atoms with Gasteiger partial charge < -0.3 is 4.74 Å². The van der Waals surface area contributed by atoms with Gasteiger partial charge >= 0.3 is 0 Å². The fraction of sp³-hybridized carbons (Fsp3) is 0.125. The smallest absolute Gasteiger partial charge is 0.238 e. The van der Waals surface area contributed by atoms with Crippen LogP contribution in [0.1, 0.15) is 34.4 Å². The van der Waals surface area contributed by atoms with Crippen LogP contribution in [0.4, 0.5) is 0 Å². The molecule has 0 unspecified atom stereocenters. The summed E-state index contributed by atoms with van der Waals surface area (Å²) in [6.45, 7) is 5.13. The molecular weight excluding hydrogens is 432 g/mol. The number of hydrogen-bond acceptors (Lipinski definition) is 8. The van der Waals surface area contributed by atoms with Gasteiger partial charge in [0.1, 0.15) is 11.8 Å². The Labute approximate surface area is 194 Å². The standard InChI is InChI=1S/C24H18N8O2/c1-14-4-9-23(29-28-14)34-18-5-8-22-20(12-26-31(22)13-18)21-7-6-19(16(3)33)24(27-21)32-15(2)10-17(11-25)30-32/h4-10,12-13H,1-3H3. The summed E-state index contributed by atoms with van der Waals surface area (Å²) in [5.41, 5.74) is 4.34. The van der Waals surface area contributed by atoms with Crippen LogP contribution in [0, 0.1) is 25.2 Å². The van der Waals surface area contributed by atoms with Gasteiger partial charge in [0.2, 0.25) is 5.88 Å². The molecule has 0 atom stereocenters. The molecule has 5 rings (SSSR count). The van der Waals surface area contributed by atoms with Gasteiger partial charge in [-0.25, -0.2) is 14.2 Å². The number of hydrogen-bond donors (Lipinski definition) is 0. The number of Topliss-reactive ketones (excluding diaryl/α,β-unsaturated/α-hetero) is 1. The van der Waals surface area contributed by atoms with Crippen LogP contribution in [-0.2, 0) is 0 Å². The van der Waals surface area contributed by atoms with Gasteiger partial charge in [-0.15, -0.1) is 5.10 Å². The van der Waals surface area contributed by atoms with Crippen molar-refractivity contribution >= 4 is 11.3 Å². The average molecular weight is 450 g/mol. The molecule has 0 aliphatic rings. The Hall–Kier alpha value is -4.91. The topological polar surface area (TPSA) is 124 Å². The second kappa shape index (κ2) is 8.22. The maximum absolute atomic E-state index is 12.3. The van der Waals surface area contributed by atoms with Crippen LogP contribution in [0.15, 0.2) is 54.9 Å². The molecule has 5 heterocycles. The van der Waals surface area contributed by atoms with E-state index in [9.17, 15) is 10.1 Å². The van der Waals surface area contributed by atoms with E-state index >= 15 is 0 Å². The van der Waals surface area contributed by atoms with Gasteiger partial charge in [-0.2, -0.15) is 20.6 Å². The molecule has 5 aromatic rings. The molecule has 10 nitrogen and oxygen atoms in total. The minimum Gasteiger partial charge on any atom is -0.436 e. The van der Waals surface area contributed by atoms with Crippen molar-refractivity contribution in [1.82, 2.24) is 34.6 Å². The highest BCUT2D eigenvalue weighted by Crippen LogP contribution is 2.28. The van der Waals surface area contributed by atoms with Crippen molar-refractivity contribution in [3.05, 3.63) is 77.5 Å². The summed E-state index contributed by atoms with van der Waals surface area (Å²) in [6, 6.07) is 14.4. The zero-order valence-electron chi connectivity index (χ0n) is 18.6. The molecule has 10 heteroatoms. The monoisotopic (exact) mass is 450 g/mol. The Bertz CT molecular complexity index is 1590. The molecule has 166 valence electrons. The van der Waals surface area contributed by atoms with Gasteiger partial charge in [0.15, 0.2) is 17.3 Å². The van der Waals surface area contributed by atoms with Crippen molar-refractivity contribution in [2.45, 2.75) is 20.8 Å². The van der Waals surface area contributed by atoms with Crippen LogP contribution >= 0.6 is 0 Å². The van der Waals surface area contributed by atoms with Crippen molar-refractivity contribution in [2.24, 2.45) is 0 Å². The summed E-state index contributed by atoms with van der Waals surface area (Å²) in [4.78, 5) is 17.0. The van der Waals surface area contributed by atoms with Crippen LogP contribution in [0.2, 0.25) is 0 Å². The van der Waals surface area contributed by atoms with Gasteiger partial charge in [0, 0.05) is 17.3 Å². The van der Waals surface area contributed by atoms with E-state index in [-0.39, 0.29) is 11.5 Å². The second-order valence-corrected chi connectivity index (χ2v) is 7.69. The number of carbonyl (C=O) groups is 1. The predicted molar refractivity (Wildman–Crippen MR) is 122 cm³/mol. The van der Waals surface area contributed by atoms with E-state index in [4.69, 9.17) is 9.72 Å². The summed E-state index contributed by atoms with van der Waals surface area (Å²) in [5.74, 6) is 1.15. The highest BCUT2D eigenvalue weighted by molar-refractivity contribution is 5.97. The van der Waals surface area contributed by atoms with E-state index in [0.717, 1.165) is 16.8 Å². The highest BCUT2D eigenvalue weighted by atomic mass is 16.5. The van der Waals surface area contributed by atoms with E-state index < -0.39 is 0 Å². The Kier molecular flexibility index (Phi) is 5.07. The third kappa shape index (κ3) is 3.75. The van der Waals surface area contributed by atoms with E-state index in [1.54, 1.807) is 48.1 Å². The largest absolute Gasteiger partial charge is 0.436 e. The lowest BCUT2D eigenvalue weighted by molar-refractivity contribution is 0.101. The molecule has 0 aliphatic carbocycles. The zero-order valence-corrected chi connectivity index (χ0v) is 18.6. The Morgan fingerprint density at radius 2 is 1.94 bits per heavy atom. The average Bonchev–Trinajstić information content (AvgIpc) is 3.43. The molecule has 0 amide bonds. The summed E-state index contributed by atoms with van der Waals surface area (Å²) in [5, 5.41) is 25.9. The van der Waals surface area contributed by atoms with Crippen molar-refractivity contribution in [1.29, 1.82) is 5.26 Å². The number of nitriles is 1. The third-order valence-corrected chi connectivity index (χ3v) is 5.22. The fourth-order valence-electron chi connectivity index (χ4n) is 3.56. The normalized spacial score (nSPS) is 10.9. The first-order chi connectivity index (χ1) is 16.4. The number of ketones is 1. The lowest BCUT2D eigenvalue weighted by Gasteiger charge is -2.10. The predicted octanol–water partition coefficient (Wildman–Crippen LogP) is 3.86. The van der Waals surface area contributed by atoms with Crippen molar-refractivity contribution < 1.29 is 9.53 Å². The molecule has 0 N–H and O–H groups in total. The minimum absolute atomic E-state index is 0.150. The van der Waals surface area contributed by atoms with Gasteiger partial charge in [-0.1, -0.05) is 0 Å². The summed E-state index contributed by atoms with van der Waals surface area (Å²) < 4.78 is 8.97. The number of fused-ring (bicyclic) bond motifs is 1. The zero-order chi connectivity index (χ0) is 23.8. The molecular formula is C24H18N8O2. The lowest BCUT2D eigenvalue weighted by Crippen LogP contribution is -2.09. The SMILES string of the molecule is CC(=O)c1ccc(-c2cnn3cc(Oc4ccc(C)nn4)ccc23)nc1-n1nc(C#N)cc1C. The fourth-order valence-corrected chi connectivity index (χ4v) is 3.56. The Morgan fingerprint density at radius 1 is 1.09 bits per heavy atom. The van der Waals surface area contributed by atoms with Crippen LogP contribution < -0.4 is 4.74 Å². The Morgan fingerprint density at radius 3 is 2.65 bits per heavy atom. The van der Waals surface area contributed by atoms with Gasteiger partial charge in [-0.05, 0) is 57.2 Å². The van der Waals surface area contributed by atoms with E-state index in [0.29, 0.717) is 34.4 Å². The first kappa shape index (κ1) is 21.0. The summed E-state index contributed by atoms with van der Waals surface area (Å²) in [6.07, 6.45) is 3.43. The number of pyridine rings is 2. The van der Waals surface area contributed by atoms with Crippen LogP contribution in [0.25, 0.3) is 22.6 Å². The Balaban J connectivity index is 1.55. The summed E-state index contributed by atoms with van der Waals surface area (Å²) in [7, 11) is 0. The first-order valence-corrected chi connectivity index (χ1v) is 10.4. The van der Waals surface area contributed by atoms with Gasteiger partial charge in [0.25, 0.3) is 0 Å². The van der Waals surface area contributed by atoms with E-state index in [1.165, 1.54) is 11.6 Å². The number of nitrogens with zero attached hydrogens (tertiary/aromatic N) is 8. The molecule has 0 aromatic carbocycles. The lowest BCUT2D eigenvalue weighted by atomic mass is 10.1. The number of carbonyl (C=O) groups excluding carboxylic acids is 1. The number of aryl methyl sites for hydroxylation is 2. The highest BCUT2D eigenvalue weighted by Gasteiger charge is 2.18. The van der Waals surface area contributed by atoms with Crippen molar-refractivity contribution in [2.75, 3.05) is 0 Å². The van der Waals surface area contributed by atoms with Gasteiger partial charge in [-0.3, -0.25) is 4.79 Å². The number of ether oxygens (including phenoxy) is 1. The molecule has 0 bridgehead atoms. The third-order valence-electron chi connectivity index (χ3n) is 5.22. The molecule has 0 radical (unpaired) electrons. The quantitative estimate of drug-likeness (QED) is 0.370. The van der Waals surface area contributed by atoms with E-state index in [2.05, 4.69) is 20.4 Å². The maximum atomic E-state index is 12.3. The molecule has 0 saturated heterocycles. The second-order valence-electron chi connectivity index (χ2n) is 7.69. The first-order valence-electron chi connectivity index (χ1n) is 10.4. The van der Waals surface area contributed by atoms with Crippen molar-refractivity contribution in [3.8, 4) is 34.8 Å². The molecule has 0 spiro atoms. The van der Waals surface area contributed by atoms with E-state index in [1.807, 2.05) is 31.2 Å². The number of rotatable bonds is 5. The molecule has 0 aliphatic heterocycles. The van der Waals surface area contributed by atoms with Crippen LogP contribution in [0.5, 0.6) is 11.6 Å². The molecule has 34 heavy (non-hydrogen) atoms. The van der Waals surface area contributed by atoms with Crippen molar-refractivity contribution in [3.63, 3.8) is 0 Å². The molecule has 0 saturated carbocycles. The molecule has 0 fully saturated rings. The minimum atomic E-state index is -0.150. The van der Waals surface area contributed by atoms with Gasteiger partial charge in [0.05, 0.1) is 34.9 Å². The van der Waals surface area contributed by atoms with Crippen LogP contribution in [0.3, 0.4) is 0 Å². The van der Waals surface area contributed by atoms with Crippen LogP contribution in [-0.4, -0.2) is 40.4 Å². The summed E-state index contributed by atoms with van der Waals surface area (Å²) >= 11 is 0.